The van der Waals surface area contributed by atoms with Crippen LogP contribution in [-0.2, 0) is 32.2 Å². The maximum absolute atomic E-state index is 11.7. The van der Waals surface area contributed by atoms with Crippen molar-refractivity contribution in [2.24, 2.45) is 5.73 Å². The lowest BCUT2D eigenvalue weighted by atomic mass is 10.1. The molecule has 2 rings (SSSR count). The van der Waals surface area contributed by atoms with Gasteiger partial charge in [-0.1, -0.05) is 24.3 Å². The van der Waals surface area contributed by atoms with Crippen LogP contribution >= 0.6 is 0 Å². The molecule has 1 saturated heterocycles. The number of rotatable bonds is 8. The lowest BCUT2D eigenvalue weighted by Crippen LogP contribution is -2.43. The highest BCUT2D eigenvalue weighted by Gasteiger charge is 2.14. The van der Waals surface area contributed by atoms with Crippen molar-refractivity contribution in [1.82, 2.24) is 5.32 Å². The predicted octanol–water partition coefficient (Wildman–Crippen LogP) is 0.972. The summed E-state index contributed by atoms with van der Waals surface area (Å²) in [6.45, 7) is 2.85. The highest BCUT2D eigenvalue weighted by atomic mass is 16.5. The van der Waals surface area contributed by atoms with Crippen LogP contribution in [0.15, 0.2) is 24.3 Å². The van der Waals surface area contributed by atoms with Crippen LogP contribution in [0.5, 0.6) is 0 Å². The van der Waals surface area contributed by atoms with E-state index in [9.17, 15) is 4.79 Å². The Labute approximate surface area is 137 Å². The van der Waals surface area contributed by atoms with Crippen LogP contribution in [-0.4, -0.2) is 45.0 Å². The number of methoxy groups -OCH3 is 1. The normalized spacial score (nSPS) is 17.0. The van der Waals surface area contributed by atoms with Crippen LogP contribution in [0.1, 0.15) is 24.0 Å². The zero-order chi connectivity index (χ0) is 16.5. The fraction of sp³-hybridized carbons (Fsp3) is 0.588. The summed E-state index contributed by atoms with van der Waals surface area (Å²) in [7, 11) is 1.52. The molecule has 1 aromatic carbocycles. The fourth-order valence-corrected chi connectivity index (χ4v) is 2.39. The van der Waals surface area contributed by atoms with Gasteiger partial charge < -0.3 is 25.3 Å². The molecule has 1 unspecified atom stereocenters. The second kappa shape index (κ2) is 9.62. The van der Waals surface area contributed by atoms with Crippen molar-refractivity contribution >= 4 is 5.91 Å². The van der Waals surface area contributed by atoms with Crippen LogP contribution in [0.25, 0.3) is 0 Å². The second-order valence-corrected chi connectivity index (χ2v) is 5.72. The highest BCUT2D eigenvalue weighted by molar-refractivity contribution is 5.81. The zero-order valence-corrected chi connectivity index (χ0v) is 13.6. The van der Waals surface area contributed by atoms with E-state index < -0.39 is 6.04 Å². The van der Waals surface area contributed by atoms with Gasteiger partial charge in [-0.05, 0) is 24.0 Å². The smallest absolute Gasteiger partial charge is 0.239 e. The minimum Gasteiger partial charge on any atom is -0.383 e. The number of carbonyl (C=O) groups excluding carboxylic acids is 1. The molecule has 3 N–H and O–H groups in total. The Morgan fingerprint density at radius 1 is 1.30 bits per heavy atom. The molecule has 0 radical (unpaired) electrons. The third-order valence-corrected chi connectivity index (χ3v) is 3.83. The van der Waals surface area contributed by atoms with Gasteiger partial charge in [0.2, 0.25) is 5.91 Å². The third-order valence-electron chi connectivity index (χ3n) is 3.83. The molecule has 1 fully saturated rings. The fourth-order valence-electron chi connectivity index (χ4n) is 2.39. The van der Waals surface area contributed by atoms with Gasteiger partial charge in [-0.25, -0.2) is 0 Å². The number of benzene rings is 1. The predicted molar refractivity (Wildman–Crippen MR) is 86.8 cm³/mol. The van der Waals surface area contributed by atoms with E-state index in [2.05, 4.69) is 5.32 Å². The van der Waals surface area contributed by atoms with Crippen LogP contribution in [0.4, 0.5) is 0 Å². The molecule has 23 heavy (non-hydrogen) atoms. The molecule has 0 saturated carbocycles. The Morgan fingerprint density at radius 3 is 2.61 bits per heavy atom. The van der Waals surface area contributed by atoms with Gasteiger partial charge in [0.25, 0.3) is 0 Å². The van der Waals surface area contributed by atoms with E-state index in [0.29, 0.717) is 19.3 Å². The van der Waals surface area contributed by atoms with Gasteiger partial charge in [0.05, 0.1) is 19.3 Å². The van der Waals surface area contributed by atoms with Crippen LogP contribution in [0, 0.1) is 0 Å². The molecule has 1 aliphatic rings. The van der Waals surface area contributed by atoms with Gasteiger partial charge in [-0.15, -0.1) is 0 Å². The summed E-state index contributed by atoms with van der Waals surface area (Å²) in [6.07, 6.45) is 2.22. The van der Waals surface area contributed by atoms with Gasteiger partial charge >= 0.3 is 0 Å². The van der Waals surface area contributed by atoms with Crippen LogP contribution in [0.3, 0.4) is 0 Å². The Balaban J connectivity index is 1.72. The van der Waals surface area contributed by atoms with Gasteiger partial charge in [0.1, 0.15) is 6.04 Å². The first-order chi connectivity index (χ1) is 11.2. The number of hydrogen-bond donors (Lipinski definition) is 2. The van der Waals surface area contributed by atoms with Gasteiger partial charge in [-0.2, -0.15) is 0 Å². The Hall–Kier alpha value is -1.47. The molecule has 0 spiro atoms. The molecule has 1 heterocycles. The summed E-state index contributed by atoms with van der Waals surface area (Å²) >= 11 is 0. The average Bonchev–Trinajstić information content (AvgIpc) is 2.60. The van der Waals surface area contributed by atoms with Gasteiger partial charge in [0.15, 0.2) is 0 Å². The quantitative estimate of drug-likeness (QED) is 0.745. The molecule has 1 aliphatic heterocycles. The minimum absolute atomic E-state index is 0.209. The van der Waals surface area contributed by atoms with E-state index >= 15 is 0 Å². The van der Waals surface area contributed by atoms with Crippen molar-refractivity contribution in [3.8, 4) is 0 Å². The molecule has 0 bridgehead atoms. The van der Waals surface area contributed by atoms with Gasteiger partial charge in [0, 0.05) is 26.9 Å². The van der Waals surface area contributed by atoms with Crippen LogP contribution < -0.4 is 11.1 Å². The Morgan fingerprint density at radius 2 is 1.96 bits per heavy atom. The summed E-state index contributed by atoms with van der Waals surface area (Å²) in [5.74, 6) is -0.209. The van der Waals surface area contributed by atoms with Crippen molar-refractivity contribution in [3.63, 3.8) is 0 Å². The molecule has 1 aromatic rings. The monoisotopic (exact) mass is 322 g/mol. The third kappa shape index (κ3) is 6.27. The Kier molecular flexibility index (Phi) is 7.48. The number of nitrogens with one attached hydrogen (secondary N) is 1. The number of ether oxygens (including phenoxy) is 3. The summed E-state index contributed by atoms with van der Waals surface area (Å²) in [6, 6.07) is 7.40. The Bertz CT molecular complexity index is 472. The number of amides is 1. The first-order valence-electron chi connectivity index (χ1n) is 7.98. The molecule has 0 aliphatic carbocycles. The maximum Gasteiger partial charge on any atom is 0.239 e. The lowest BCUT2D eigenvalue weighted by molar-refractivity contribution is -0.123. The van der Waals surface area contributed by atoms with Crippen molar-refractivity contribution in [3.05, 3.63) is 35.4 Å². The summed E-state index contributed by atoms with van der Waals surface area (Å²) in [4.78, 5) is 11.7. The van der Waals surface area contributed by atoms with Crippen LogP contribution in [0.2, 0.25) is 0 Å². The van der Waals surface area contributed by atoms with E-state index in [1.165, 1.54) is 7.11 Å². The van der Waals surface area contributed by atoms with E-state index in [1.54, 1.807) is 0 Å². The SMILES string of the molecule is COCC(N)C(=O)NCc1ccc(COC2CCOCC2)cc1. The van der Waals surface area contributed by atoms with Crippen molar-refractivity contribution in [2.45, 2.75) is 38.1 Å². The summed E-state index contributed by atoms with van der Waals surface area (Å²) < 4.78 is 16.1. The van der Waals surface area contributed by atoms with Crippen molar-refractivity contribution < 1.29 is 19.0 Å². The number of hydrogen-bond acceptors (Lipinski definition) is 5. The highest BCUT2D eigenvalue weighted by Crippen LogP contribution is 2.14. The molecule has 1 amide bonds. The molecule has 128 valence electrons. The molecule has 1 atom stereocenters. The standard InChI is InChI=1S/C17H26N2O4/c1-21-12-16(18)17(20)19-10-13-2-4-14(5-3-13)11-23-15-6-8-22-9-7-15/h2-5,15-16H,6-12,18H2,1H3,(H,19,20). The molecule has 0 aromatic heterocycles. The zero-order valence-electron chi connectivity index (χ0n) is 13.6. The summed E-state index contributed by atoms with van der Waals surface area (Å²) in [5, 5.41) is 2.80. The van der Waals surface area contributed by atoms with Crippen molar-refractivity contribution in [2.75, 3.05) is 26.9 Å². The molecular weight excluding hydrogens is 296 g/mol. The van der Waals surface area contributed by atoms with E-state index in [-0.39, 0.29) is 12.5 Å². The maximum atomic E-state index is 11.7. The van der Waals surface area contributed by atoms with Gasteiger partial charge in [-0.3, -0.25) is 4.79 Å². The molecule has 6 heteroatoms. The summed E-state index contributed by atoms with van der Waals surface area (Å²) in [5.41, 5.74) is 7.82. The average molecular weight is 322 g/mol. The van der Waals surface area contributed by atoms with E-state index in [1.807, 2.05) is 24.3 Å². The first kappa shape index (κ1) is 17.9. The van der Waals surface area contributed by atoms with E-state index in [4.69, 9.17) is 19.9 Å². The molecular formula is C17H26N2O4. The largest absolute Gasteiger partial charge is 0.383 e. The topological polar surface area (TPSA) is 82.8 Å². The molecule has 6 nitrogen and oxygen atoms in total. The van der Waals surface area contributed by atoms with E-state index in [0.717, 1.165) is 37.2 Å². The van der Waals surface area contributed by atoms with Crippen molar-refractivity contribution in [1.29, 1.82) is 0 Å². The minimum atomic E-state index is -0.632. The lowest BCUT2D eigenvalue weighted by Gasteiger charge is -2.22. The first-order valence-corrected chi connectivity index (χ1v) is 7.98. The second-order valence-electron chi connectivity index (χ2n) is 5.72. The number of carbonyl (C=O) groups is 1. The number of nitrogens with two attached hydrogens (primary N) is 1.